The normalized spacial score (nSPS) is 12.3. The van der Waals surface area contributed by atoms with E-state index in [1.54, 1.807) is 44.2 Å². The van der Waals surface area contributed by atoms with Crippen LogP contribution >= 0.6 is 15.9 Å². The lowest BCUT2D eigenvalue weighted by molar-refractivity contribution is 0.199. The molecular formula is C15H14BrFO2. The molecule has 1 N–H and O–H groups in total. The lowest BCUT2D eigenvalue weighted by Crippen LogP contribution is -1.93. The molecule has 0 aliphatic carbocycles. The lowest BCUT2D eigenvalue weighted by Gasteiger charge is -2.11. The minimum Gasteiger partial charge on any atom is -0.456 e. The van der Waals surface area contributed by atoms with Crippen LogP contribution in [0.4, 0.5) is 4.39 Å². The van der Waals surface area contributed by atoms with E-state index in [0.717, 1.165) is 10.0 Å². The van der Waals surface area contributed by atoms with Crippen molar-refractivity contribution in [2.24, 2.45) is 0 Å². The molecule has 2 aromatic carbocycles. The molecule has 4 heteroatoms. The third-order valence-corrected chi connectivity index (χ3v) is 3.42. The average molecular weight is 325 g/mol. The Morgan fingerprint density at radius 2 is 1.95 bits per heavy atom. The van der Waals surface area contributed by atoms with Crippen LogP contribution in [-0.2, 0) is 0 Å². The molecule has 19 heavy (non-hydrogen) atoms. The summed E-state index contributed by atoms with van der Waals surface area (Å²) in [6.07, 6.45) is -0.529. The zero-order valence-corrected chi connectivity index (χ0v) is 12.2. The van der Waals surface area contributed by atoms with Crippen molar-refractivity contribution in [3.63, 3.8) is 0 Å². The number of aliphatic hydroxyl groups is 1. The number of aryl methyl sites for hydroxylation is 1. The third-order valence-electron chi connectivity index (χ3n) is 2.80. The Balaban J connectivity index is 2.25. The molecular weight excluding hydrogens is 311 g/mol. The highest BCUT2D eigenvalue weighted by molar-refractivity contribution is 9.10. The molecule has 0 amide bonds. The molecule has 0 unspecified atom stereocenters. The first-order valence-electron chi connectivity index (χ1n) is 5.89. The van der Waals surface area contributed by atoms with Gasteiger partial charge in [-0.05, 0) is 71.2 Å². The summed E-state index contributed by atoms with van der Waals surface area (Å²) in [5, 5.41) is 9.49. The van der Waals surface area contributed by atoms with Crippen molar-refractivity contribution in [1.82, 2.24) is 0 Å². The predicted molar refractivity (Wildman–Crippen MR) is 76.0 cm³/mol. The quantitative estimate of drug-likeness (QED) is 0.883. The van der Waals surface area contributed by atoms with Gasteiger partial charge in [-0.1, -0.05) is 6.07 Å². The van der Waals surface area contributed by atoms with Gasteiger partial charge in [0.05, 0.1) is 10.6 Å². The molecule has 0 saturated carbocycles. The molecule has 0 spiro atoms. The Morgan fingerprint density at radius 3 is 2.53 bits per heavy atom. The highest BCUT2D eigenvalue weighted by Crippen LogP contribution is 2.32. The van der Waals surface area contributed by atoms with Gasteiger partial charge in [-0.15, -0.1) is 0 Å². The average Bonchev–Trinajstić information content (AvgIpc) is 2.36. The van der Waals surface area contributed by atoms with E-state index in [4.69, 9.17) is 4.74 Å². The SMILES string of the molecule is Cc1cc(Oc2ccc([C@H](C)O)cc2Br)ccc1F. The second-order valence-electron chi connectivity index (χ2n) is 4.38. The second-order valence-corrected chi connectivity index (χ2v) is 5.23. The zero-order chi connectivity index (χ0) is 14.0. The van der Waals surface area contributed by atoms with Crippen LogP contribution in [0.15, 0.2) is 40.9 Å². The maximum Gasteiger partial charge on any atom is 0.141 e. The fourth-order valence-corrected chi connectivity index (χ4v) is 2.14. The molecule has 0 heterocycles. The van der Waals surface area contributed by atoms with E-state index in [9.17, 15) is 9.50 Å². The highest BCUT2D eigenvalue weighted by Gasteiger charge is 2.08. The lowest BCUT2D eigenvalue weighted by atomic mass is 10.1. The van der Waals surface area contributed by atoms with E-state index in [-0.39, 0.29) is 5.82 Å². The van der Waals surface area contributed by atoms with Crippen LogP contribution in [-0.4, -0.2) is 5.11 Å². The van der Waals surface area contributed by atoms with Crippen LogP contribution in [0.2, 0.25) is 0 Å². The number of hydrogen-bond acceptors (Lipinski definition) is 2. The second kappa shape index (κ2) is 5.72. The van der Waals surface area contributed by atoms with Crippen molar-refractivity contribution in [1.29, 1.82) is 0 Å². The first kappa shape index (κ1) is 14.0. The molecule has 0 radical (unpaired) electrons. The van der Waals surface area contributed by atoms with Gasteiger partial charge >= 0.3 is 0 Å². The van der Waals surface area contributed by atoms with E-state index in [1.165, 1.54) is 6.07 Å². The van der Waals surface area contributed by atoms with E-state index in [1.807, 2.05) is 0 Å². The molecule has 0 fully saturated rings. The fraction of sp³-hybridized carbons (Fsp3) is 0.200. The molecule has 0 bridgehead atoms. The number of rotatable bonds is 3. The van der Waals surface area contributed by atoms with Crippen LogP contribution in [0.1, 0.15) is 24.2 Å². The molecule has 2 aromatic rings. The van der Waals surface area contributed by atoms with E-state index in [2.05, 4.69) is 15.9 Å². The molecule has 0 saturated heterocycles. The third kappa shape index (κ3) is 3.33. The summed E-state index contributed by atoms with van der Waals surface area (Å²) in [5.74, 6) is 0.940. The predicted octanol–water partition coefficient (Wildman–Crippen LogP) is 4.74. The minimum atomic E-state index is -0.529. The Morgan fingerprint density at radius 1 is 1.21 bits per heavy atom. The van der Waals surface area contributed by atoms with Crippen LogP contribution in [0.25, 0.3) is 0 Å². The van der Waals surface area contributed by atoms with Crippen molar-refractivity contribution in [2.75, 3.05) is 0 Å². The Kier molecular flexibility index (Phi) is 4.22. The molecule has 0 aliphatic heterocycles. The van der Waals surface area contributed by atoms with E-state index >= 15 is 0 Å². The van der Waals surface area contributed by atoms with Gasteiger partial charge in [0, 0.05) is 0 Å². The first-order chi connectivity index (χ1) is 8.97. The summed E-state index contributed by atoms with van der Waals surface area (Å²) < 4.78 is 19.6. The molecule has 2 nitrogen and oxygen atoms in total. The van der Waals surface area contributed by atoms with Crippen molar-refractivity contribution >= 4 is 15.9 Å². The molecule has 0 aromatic heterocycles. The number of aliphatic hydroxyl groups excluding tert-OH is 1. The van der Waals surface area contributed by atoms with Crippen molar-refractivity contribution in [3.05, 3.63) is 57.8 Å². The highest BCUT2D eigenvalue weighted by atomic mass is 79.9. The maximum atomic E-state index is 13.2. The molecule has 2 rings (SSSR count). The van der Waals surface area contributed by atoms with E-state index in [0.29, 0.717) is 17.1 Å². The van der Waals surface area contributed by atoms with Crippen LogP contribution in [0, 0.1) is 12.7 Å². The van der Waals surface area contributed by atoms with Crippen LogP contribution < -0.4 is 4.74 Å². The van der Waals surface area contributed by atoms with Gasteiger partial charge < -0.3 is 9.84 Å². The zero-order valence-electron chi connectivity index (χ0n) is 10.7. The molecule has 100 valence electrons. The summed E-state index contributed by atoms with van der Waals surface area (Å²) in [4.78, 5) is 0. The number of halogens is 2. The first-order valence-corrected chi connectivity index (χ1v) is 6.68. The van der Waals surface area contributed by atoms with Crippen molar-refractivity contribution in [3.8, 4) is 11.5 Å². The molecule has 1 atom stereocenters. The summed E-state index contributed by atoms with van der Waals surface area (Å²) in [6.45, 7) is 3.39. The number of ether oxygens (including phenoxy) is 1. The standard InChI is InChI=1S/C15H14BrFO2/c1-9-7-12(4-5-14(9)17)19-15-6-3-11(10(2)18)8-13(15)16/h3-8,10,18H,1-2H3/t10-/m0/s1. The summed E-state index contributed by atoms with van der Waals surface area (Å²) in [5.41, 5.74) is 1.34. The maximum absolute atomic E-state index is 13.2. The van der Waals surface area contributed by atoms with Gasteiger partial charge in [0.25, 0.3) is 0 Å². The summed E-state index contributed by atoms with van der Waals surface area (Å²) in [6, 6.07) is 9.97. The van der Waals surface area contributed by atoms with Gasteiger partial charge in [0.2, 0.25) is 0 Å². The number of hydrogen-bond donors (Lipinski definition) is 1. The van der Waals surface area contributed by atoms with Gasteiger partial charge in [-0.25, -0.2) is 4.39 Å². The monoisotopic (exact) mass is 324 g/mol. The van der Waals surface area contributed by atoms with Gasteiger partial charge in [-0.3, -0.25) is 0 Å². The van der Waals surface area contributed by atoms with Gasteiger partial charge in [-0.2, -0.15) is 0 Å². The fourth-order valence-electron chi connectivity index (χ4n) is 1.67. The summed E-state index contributed by atoms with van der Waals surface area (Å²) >= 11 is 3.40. The van der Waals surface area contributed by atoms with Crippen molar-refractivity contribution < 1.29 is 14.2 Å². The Bertz CT molecular complexity index is 597. The van der Waals surface area contributed by atoms with Gasteiger partial charge in [0.1, 0.15) is 17.3 Å². The number of benzene rings is 2. The topological polar surface area (TPSA) is 29.5 Å². The van der Waals surface area contributed by atoms with Crippen LogP contribution in [0.3, 0.4) is 0 Å². The van der Waals surface area contributed by atoms with Crippen molar-refractivity contribution in [2.45, 2.75) is 20.0 Å². The summed E-state index contributed by atoms with van der Waals surface area (Å²) in [7, 11) is 0. The van der Waals surface area contributed by atoms with Crippen LogP contribution in [0.5, 0.6) is 11.5 Å². The minimum absolute atomic E-state index is 0.254. The largest absolute Gasteiger partial charge is 0.456 e. The molecule has 0 aliphatic rings. The Labute approximate surface area is 120 Å². The Hall–Kier alpha value is -1.39. The smallest absolute Gasteiger partial charge is 0.141 e. The van der Waals surface area contributed by atoms with Gasteiger partial charge in [0.15, 0.2) is 0 Å². The van der Waals surface area contributed by atoms with E-state index < -0.39 is 6.10 Å².